The number of hydrogen-bond acceptors (Lipinski definition) is 4. The lowest BCUT2D eigenvalue weighted by molar-refractivity contribution is 0.0927. The van der Waals surface area contributed by atoms with E-state index in [1.165, 1.54) is 0 Å². The monoisotopic (exact) mass is 163 g/mol. The van der Waals surface area contributed by atoms with Gasteiger partial charge in [0.1, 0.15) is 0 Å². The van der Waals surface area contributed by atoms with E-state index in [2.05, 4.69) is 5.32 Å². The molecule has 4 heteroatoms. The van der Waals surface area contributed by atoms with Crippen LogP contribution in [0.25, 0.3) is 0 Å². The summed E-state index contributed by atoms with van der Waals surface area (Å²) in [6.45, 7) is 2.86. The Bertz CT molecular complexity index is 79.8. The lowest BCUT2D eigenvalue weighted by atomic mass is 10.2. The van der Waals surface area contributed by atoms with Gasteiger partial charge >= 0.3 is 0 Å². The van der Waals surface area contributed by atoms with Crippen LogP contribution < -0.4 is 5.32 Å². The molecule has 0 aromatic heterocycles. The van der Waals surface area contributed by atoms with Crippen molar-refractivity contribution in [3.63, 3.8) is 0 Å². The van der Waals surface area contributed by atoms with Crippen LogP contribution in [0.4, 0.5) is 0 Å². The first-order valence-corrected chi connectivity index (χ1v) is 3.81. The van der Waals surface area contributed by atoms with Gasteiger partial charge in [0.05, 0.1) is 12.7 Å². The predicted octanol–water partition coefficient (Wildman–Crippen LogP) is -1.44. The summed E-state index contributed by atoms with van der Waals surface area (Å²) in [5.41, 5.74) is 0. The highest BCUT2D eigenvalue weighted by Crippen LogP contribution is 1.88. The van der Waals surface area contributed by atoms with Crippen molar-refractivity contribution in [2.45, 2.75) is 13.0 Å². The molecule has 0 aromatic carbocycles. The Hall–Kier alpha value is -0.160. The maximum Gasteiger partial charge on any atom is 0.0894 e. The second-order valence-corrected chi connectivity index (χ2v) is 2.78. The SMILES string of the molecule is CC(CO)CNC[C@H](O)CO. The van der Waals surface area contributed by atoms with Gasteiger partial charge in [0.25, 0.3) is 0 Å². The Morgan fingerprint density at radius 3 is 2.27 bits per heavy atom. The van der Waals surface area contributed by atoms with E-state index in [1.54, 1.807) is 0 Å². The Labute approximate surface area is 66.9 Å². The van der Waals surface area contributed by atoms with Crippen LogP contribution in [0.2, 0.25) is 0 Å². The largest absolute Gasteiger partial charge is 0.396 e. The van der Waals surface area contributed by atoms with Crippen LogP contribution in [0.1, 0.15) is 6.92 Å². The molecule has 0 aliphatic rings. The second-order valence-electron chi connectivity index (χ2n) is 2.78. The van der Waals surface area contributed by atoms with Gasteiger partial charge in [-0.2, -0.15) is 0 Å². The molecule has 0 aliphatic heterocycles. The summed E-state index contributed by atoms with van der Waals surface area (Å²) >= 11 is 0. The molecule has 0 aliphatic carbocycles. The van der Waals surface area contributed by atoms with Crippen LogP contribution in [0.15, 0.2) is 0 Å². The number of nitrogens with one attached hydrogen (secondary N) is 1. The minimum Gasteiger partial charge on any atom is -0.396 e. The molecule has 0 bridgehead atoms. The van der Waals surface area contributed by atoms with Gasteiger partial charge < -0.3 is 20.6 Å². The van der Waals surface area contributed by atoms with Crippen LogP contribution in [-0.2, 0) is 0 Å². The van der Waals surface area contributed by atoms with Crippen molar-refractivity contribution in [3.05, 3.63) is 0 Å². The van der Waals surface area contributed by atoms with Gasteiger partial charge in [0.2, 0.25) is 0 Å². The lowest BCUT2D eigenvalue weighted by Crippen LogP contribution is -2.32. The minimum absolute atomic E-state index is 0.141. The molecule has 4 N–H and O–H groups in total. The van der Waals surface area contributed by atoms with Gasteiger partial charge in [0, 0.05) is 13.2 Å². The first-order valence-electron chi connectivity index (χ1n) is 3.81. The van der Waals surface area contributed by atoms with Gasteiger partial charge in [-0.1, -0.05) is 6.92 Å². The van der Waals surface area contributed by atoms with Gasteiger partial charge in [-0.25, -0.2) is 0 Å². The van der Waals surface area contributed by atoms with Gasteiger partial charge in [-0.3, -0.25) is 0 Å². The molecule has 11 heavy (non-hydrogen) atoms. The van der Waals surface area contributed by atoms with Crippen LogP contribution in [0, 0.1) is 5.92 Å². The molecule has 0 heterocycles. The molecule has 0 saturated heterocycles. The average molecular weight is 163 g/mol. The van der Waals surface area contributed by atoms with Gasteiger partial charge in [0.15, 0.2) is 0 Å². The van der Waals surface area contributed by atoms with E-state index in [-0.39, 0.29) is 19.1 Å². The van der Waals surface area contributed by atoms with E-state index in [9.17, 15) is 0 Å². The van der Waals surface area contributed by atoms with Gasteiger partial charge in [-0.15, -0.1) is 0 Å². The normalized spacial score (nSPS) is 16.4. The molecule has 1 unspecified atom stereocenters. The number of aliphatic hydroxyl groups excluding tert-OH is 3. The molecule has 0 aromatic rings. The first kappa shape index (κ1) is 10.8. The van der Waals surface area contributed by atoms with Gasteiger partial charge in [-0.05, 0) is 12.5 Å². The summed E-state index contributed by atoms with van der Waals surface area (Å²) in [7, 11) is 0. The first-order chi connectivity index (χ1) is 5.20. The third kappa shape index (κ3) is 6.25. The molecular formula is C7H17NO3. The molecular weight excluding hydrogens is 146 g/mol. The molecule has 68 valence electrons. The summed E-state index contributed by atoms with van der Waals surface area (Å²) in [5, 5.41) is 28.8. The fraction of sp³-hybridized carbons (Fsp3) is 1.00. The summed E-state index contributed by atoms with van der Waals surface area (Å²) in [5.74, 6) is 0.195. The Balaban J connectivity index is 3.13. The zero-order chi connectivity index (χ0) is 8.69. The van der Waals surface area contributed by atoms with Crippen molar-refractivity contribution < 1.29 is 15.3 Å². The van der Waals surface area contributed by atoms with E-state index in [0.29, 0.717) is 13.1 Å². The standard InChI is InChI=1S/C7H17NO3/c1-6(4-9)2-8-3-7(11)5-10/h6-11H,2-5H2,1H3/t6?,7-/m0/s1. The molecule has 0 saturated carbocycles. The van der Waals surface area contributed by atoms with Crippen molar-refractivity contribution in [1.29, 1.82) is 0 Å². The van der Waals surface area contributed by atoms with Crippen molar-refractivity contribution in [3.8, 4) is 0 Å². The quantitative estimate of drug-likeness (QED) is 0.387. The van der Waals surface area contributed by atoms with E-state index in [0.717, 1.165) is 0 Å². The molecule has 2 atom stereocenters. The number of hydrogen-bond donors (Lipinski definition) is 4. The minimum atomic E-state index is -0.694. The highest BCUT2D eigenvalue weighted by molar-refractivity contribution is 4.59. The predicted molar refractivity (Wildman–Crippen MR) is 42.2 cm³/mol. The topological polar surface area (TPSA) is 72.7 Å². The molecule has 0 radical (unpaired) electrons. The van der Waals surface area contributed by atoms with Crippen LogP contribution in [0.3, 0.4) is 0 Å². The fourth-order valence-electron chi connectivity index (χ4n) is 0.625. The Morgan fingerprint density at radius 2 is 1.82 bits per heavy atom. The van der Waals surface area contributed by atoms with E-state index >= 15 is 0 Å². The number of rotatable bonds is 6. The Morgan fingerprint density at radius 1 is 1.18 bits per heavy atom. The van der Waals surface area contributed by atoms with Crippen LogP contribution in [-0.4, -0.2) is 47.7 Å². The fourth-order valence-corrected chi connectivity index (χ4v) is 0.625. The maximum absolute atomic E-state index is 8.87. The van der Waals surface area contributed by atoms with E-state index in [1.807, 2.05) is 6.92 Å². The van der Waals surface area contributed by atoms with Crippen molar-refractivity contribution in [2.75, 3.05) is 26.3 Å². The summed E-state index contributed by atoms with van der Waals surface area (Å²) in [6, 6.07) is 0. The Kier molecular flexibility index (Phi) is 6.45. The van der Waals surface area contributed by atoms with Crippen molar-refractivity contribution in [2.24, 2.45) is 5.92 Å². The maximum atomic E-state index is 8.87. The van der Waals surface area contributed by atoms with Crippen LogP contribution >= 0.6 is 0 Å². The van der Waals surface area contributed by atoms with Crippen molar-refractivity contribution in [1.82, 2.24) is 5.32 Å². The highest BCUT2D eigenvalue weighted by Gasteiger charge is 2.02. The van der Waals surface area contributed by atoms with E-state index < -0.39 is 6.10 Å². The molecule has 4 nitrogen and oxygen atoms in total. The molecule has 0 fully saturated rings. The summed E-state index contributed by atoms with van der Waals surface area (Å²) < 4.78 is 0. The smallest absolute Gasteiger partial charge is 0.0894 e. The zero-order valence-corrected chi connectivity index (χ0v) is 6.82. The van der Waals surface area contributed by atoms with Crippen LogP contribution in [0.5, 0.6) is 0 Å². The third-order valence-corrected chi connectivity index (χ3v) is 1.40. The lowest BCUT2D eigenvalue weighted by Gasteiger charge is -2.11. The molecule has 0 amide bonds. The highest BCUT2D eigenvalue weighted by atomic mass is 16.3. The zero-order valence-electron chi connectivity index (χ0n) is 6.82. The summed E-state index contributed by atoms with van der Waals surface area (Å²) in [4.78, 5) is 0. The summed E-state index contributed by atoms with van der Waals surface area (Å²) in [6.07, 6.45) is -0.694. The van der Waals surface area contributed by atoms with E-state index in [4.69, 9.17) is 15.3 Å². The second kappa shape index (κ2) is 6.54. The molecule has 0 rings (SSSR count). The molecule has 0 spiro atoms. The third-order valence-electron chi connectivity index (χ3n) is 1.40. The van der Waals surface area contributed by atoms with Crippen molar-refractivity contribution >= 4 is 0 Å². The number of aliphatic hydroxyl groups is 3. The average Bonchev–Trinajstić information content (AvgIpc) is 2.04.